The van der Waals surface area contributed by atoms with E-state index >= 15 is 0 Å². The summed E-state index contributed by atoms with van der Waals surface area (Å²) in [6, 6.07) is 10.8. The molecule has 2 aromatic heterocycles. The lowest BCUT2D eigenvalue weighted by Gasteiger charge is -2.31. The average molecular weight is 394 g/mol. The molecule has 1 aromatic carbocycles. The average Bonchev–Trinajstić information content (AvgIpc) is 3.43. The molecule has 0 bridgehead atoms. The van der Waals surface area contributed by atoms with Crippen LogP contribution in [0.3, 0.4) is 0 Å². The van der Waals surface area contributed by atoms with E-state index < -0.39 is 0 Å². The Kier molecular flexibility index (Phi) is 5.41. The fourth-order valence-corrected chi connectivity index (χ4v) is 3.44. The second-order valence-electron chi connectivity index (χ2n) is 7.08. The number of carbonyl (C=O) groups is 2. The summed E-state index contributed by atoms with van der Waals surface area (Å²) < 4.78 is 10.2. The van der Waals surface area contributed by atoms with Gasteiger partial charge in [-0.25, -0.2) is 0 Å². The number of piperidine rings is 1. The van der Waals surface area contributed by atoms with Crippen LogP contribution in [0.15, 0.2) is 51.6 Å². The van der Waals surface area contributed by atoms with Gasteiger partial charge in [0.2, 0.25) is 17.6 Å². The quantitative estimate of drug-likeness (QED) is 0.714. The molecule has 8 heteroatoms. The van der Waals surface area contributed by atoms with Crippen LogP contribution in [0.25, 0.3) is 11.4 Å². The van der Waals surface area contributed by atoms with Crippen molar-refractivity contribution in [2.45, 2.75) is 26.3 Å². The second-order valence-corrected chi connectivity index (χ2v) is 7.08. The van der Waals surface area contributed by atoms with Crippen molar-refractivity contribution in [1.29, 1.82) is 0 Å². The number of furan rings is 1. The lowest BCUT2D eigenvalue weighted by molar-refractivity contribution is -0.126. The molecule has 0 unspecified atom stereocenters. The molecule has 0 aliphatic carbocycles. The number of benzene rings is 1. The van der Waals surface area contributed by atoms with Gasteiger partial charge in [-0.05, 0) is 37.1 Å². The van der Waals surface area contributed by atoms with Crippen molar-refractivity contribution in [2.75, 3.05) is 13.1 Å². The third kappa shape index (κ3) is 4.37. The van der Waals surface area contributed by atoms with Crippen LogP contribution in [0.2, 0.25) is 0 Å². The number of hydrogen-bond acceptors (Lipinski definition) is 6. The number of rotatable bonds is 5. The van der Waals surface area contributed by atoms with Gasteiger partial charge in [0.1, 0.15) is 5.76 Å². The lowest BCUT2D eigenvalue weighted by atomic mass is 9.95. The molecule has 1 aliphatic rings. The van der Waals surface area contributed by atoms with Gasteiger partial charge in [-0.1, -0.05) is 17.3 Å². The Hall–Kier alpha value is -3.42. The van der Waals surface area contributed by atoms with Gasteiger partial charge in [-0.3, -0.25) is 9.59 Å². The zero-order valence-corrected chi connectivity index (χ0v) is 16.1. The van der Waals surface area contributed by atoms with Crippen LogP contribution in [-0.2, 0) is 11.3 Å². The first kappa shape index (κ1) is 18.9. The Morgan fingerprint density at radius 2 is 1.93 bits per heavy atom. The molecule has 3 heterocycles. The molecule has 0 atom stereocenters. The summed E-state index contributed by atoms with van der Waals surface area (Å²) in [4.78, 5) is 31.1. The summed E-state index contributed by atoms with van der Waals surface area (Å²) in [5.41, 5.74) is 1.40. The lowest BCUT2D eigenvalue weighted by Crippen LogP contribution is -2.42. The SMILES string of the molecule is Cc1nc(-c2ccc(C(=O)N3CCC(C(=O)NCc4ccco4)CC3)cc2)no1. The summed E-state index contributed by atoms with van der Waals surface area (Å²) in [7, 11) is 0. The van der Waals surface area contributed by atoms with E-state index in [0.717, 1.165) is 11.3 Å². The number of nitrogens with one attached hydrogen (secondary N) is 1. The van der Waals surface area contributed by atoms with Gasteiger partial charge >= 0.3 is 0 Å². The smallest absolute Gasteiger partial charge is 0.253 e. The molecule has 8 nitrogen and oxygen atoms in total. The minimum absolute atomic E-state index is 0.00765. The van der Waals surface area contributed by atoms with Gasteiger partial charge in [0, 0.05) is 37.1 Å². The van der Waals surface area contributed by atoms with Gasteiger partial charge in [-0.2, -0.15) is 4.98 Å². The number of amides is 2. The minimum Gasteiger partial charge on any atom is -0.467 e. The summed E-state index contributed by atoms with van der Waals surface area (Å²) in [5.74, 6) is 1.62. The normalized spacial score (nSPS) is 14.7. The van der Waals surface area contributed by atoms with E-state index in [-0.39, 0.29) is 17.7 Å². The van der Waals surface area contributed by atoms with Crippen molar-refractivity contribution in [3.05, 3.63) is 59.9 Å². The molecule has 150 valence electrons. The number of carbonyl (C=O) groups excluding carboxylic acids is 2. The van der Waals surface area contributed by atoms with Crippen molar-refractivity contribution in [3.63, 3.8) is 0 Å². The first-order valence-corrected chi connectivity index (χ1v) is 9.60. The van der Waals surface area contributed by atoms with Crippen LogP contribution < -0.4 is 5.32 Å². The van der Waals surface area contributed by atoms with Crippen molar-refractivity contribution in [2.24, 2.45) is 5.92 Å². The highest BCUT2D eigenvalue weighted by Gasteiger charge is 2.27. The number of aryl methyl sites for hydroxylation is 1. The van der Waals surface area contributed by atoms with E-state index in [9.17, 15) is 9.59 Å². The molecule has 3 aromatic rings. The van der Waals surface area contributed by atoms with Crippen molar-refractivity contribution in [1.82, 2.24) is 20.4 Å². The molecule has 2 amide bonds. The molecule has 0 spiro atoms. The maximum Gasteiger partial charge on any atom is 0.253 e. The minimum atomic E-state index is -0.0853. The Balaban J connectivity index is 1.30. The standard InChI is InChI=1S/C21H22N4O4/c1-14-23-19(24-29-14)15-4-6-17(7-5-15)21(27)25-10-8-16(9-11-25)20(26)22-13-18-3-2-12-28-18/h2-7,12,16H,8-11,13H2,1H3,(H,22,26). The zero-order chi connectivity index (χ0) is 20.2. The summed E-state index contributed by atoms with van der Waals surface area (Å²) >= 11 is 0. The van der Waals surface area contributed by atoms with E-state index in [1.165, 1.54) is 0 Å². The fourth-order valence-electron chi connectivity index (χ4n) is 3.44. The molecule has 29 heavy (non-hydrogen) atoms. The molecule has 1 N–H and O–H groups in total. The van der Waals surface area contributed by atoms with Crippen LogP contribution >= 0.6 is 0 Å². The van der Waals surface area contributed by atoms with E-state index in [2.05, 4.69) is 15.5 Å². The summed E-state index contributed by atoms with van der Waals surface area (Å²) in [6.45, 7) is 3.24. The maximum absolute atomic E-state index is 12.8. The monoisotopic (exact) mass is 394 g/mol. The summed E-state index contributed by atoms with van der Waals surface area (Å²) in [5, 5.41) is 6.78. The third-order valence-corrected chi connectivity index (χ3v) is 5.09. The van der Waals surface area contributed by atoms with Gasteiger partial charge in [-0.15, -0.1) is 0 Å². The van der Waals surface area contributed by atoms with E-state index in [1.807, 2.05) is 18.2 Å². The first-order valence-electron chi connectivity index (χ1n) is 9.60. The maximum atomic E-state index is 12.8. The molecular formula is C21H22N4O4. The molecule has 0 saturated carbocycles. The molecule has 1 fully saturated rings. The molecular weight excluding hydrogens is 372 g/mol. The first-order chi connectivity index (χ1) is 14.1. The van der Waals surface area contributed by atoms with E-state index in [1.54, 1.807) is 36.3 Å². The number of nitrogens with zero attached hydrogens (tertiary/aromatic N) is 3. The van der Waals surface area contributed by atoms with Gasteiger partial charge in [0.25, 0.3) is 5.91 Å². The predicted molar refractivity (Wildman–Crippen MR) is 104 cm³/mol. The number of likely N-dealkylation sites (tertiary alicyclic amines) is 1. The molecule has 1 saturated heterocycles. The highest BCUT2D eigenvalue weighted by atomic mass is 16.5. The molecule has 1 aliphatic heterocycles. The largest absolute Gasteiger partial charge is 0.467 e. The van der Waals surface area contributed by atoms with E-state index in [0.29, 0.717) is 49.8 Å². The number of hydrogen-bond donors (Lipinski definition) is 1. The Bertz CT molecular complexity index is 971. The molecule has 0 radical (unpaired) electrons. The van der Waals surface area contributed by atoms with Crippen LogP contribution in [0.4, 0.5) is 0 Å². The Labute approximate surface area is 167 Å². The van der Waals surface area contributed by atoms with Gasteiger partial charge in [0.15, 0.2) is 0 Å². The van der Waals surface area contributed by atoms with Crippen molar-refractivity contribution >= 4 is 11.8 Å². The number of aromatic nitrogens is 2. The van der Waals surface area contributed by atoms with Crippen LogP contribution in [0.1, 0.15) is 34.9 Å². The Morgan fingerprint density at radius 1 is 1.17 bits per heavy atom. The summed E-state index contributed by atoms with van der Waals surface area (Å²) in [6.07, 6.45) is 2.88. The van der Waals surface area contributed by atoms with E-state index in [4.69, 9.17) is 8.94 Å². The second kappa shape index (κ2) is 8.30. The Morgan fingerprint density at radius 3 is 2.55 bits per heavy atom. The van der Waals surface area contributed by atoms with Crippen LogP contribution in [0.5, 0.6) is 0 Å². The zero-order valence-electron chi connectivity index (χ0n) is 16.1. The highest BCUT2D eigenvalue weighted by Crippen LogP contribution is 2.21. The fraction of sp³-hybridized carbons (Fsp3) is 0.333. The van der Waals surface area contributed by atoms with Crippen LogP contribution in [0, 0.1) is 12.8 Å². The topological polar surface area (TPSA) is 101 Å². The van der Waals surface area contributed by atoms with Crippen molar-refractivity contribution < 1.29 is 18.5 Å². The molecule has 4 rings (SSSR count). The van der Waals surface area contributed by atoms with Crippen molar-refractivity contribution in [3.8, 4) is 11.4 Å². The highest BCUT2D eigenvalue weighted by molar-refractivity contribution is 5.94. The van der Waals surface area contributed by atoms with Gasteiger partial charge < -0.3 is 19.2 Å². The third-order valence-electron chi connectivity index (χ3n) is 5.09. The van der Waals surface area contributed by atoms with Gasteiger partial charge in [0.05, 0.1) is 12.8 Å². The van der Waals surface area contributed by atoms with Crippen LogP contribution in [-0.4, -0.2) is 39.9 Å². The predicted octanol–water partition coefficient (Wildman–Crippen LogP) is 2.81.